The Balaban J connectivity index is 1.02. The van der Waals surface area contributed by atoms with Crippen LogP contribution >= 0.6 is 0 Å². The van der Waals surface area contributed by atoms with Crippen molar-refractivity contribution in [2.24, 2.45) is 11.8 Å². The van der Waals surface area contributed by atoms with Gasteiger partial charge in [-0.25, -0.2) is 14.8 Å². The molecule has 2 aliphatic carbocycles. The number of benzene rings is 2. The largest absolute Gasteiger partial charge is 0.453 e. The second-order valence-corrected chi connectivity index (χ2v) is 16.5. The van der Waals surface area contributed by atoms with E-state index in [-0.39, 0.29) is 29.8 Å². The fourth-order valence-corrected chi connectivity index (χ4v) is 9.64. The first-order valence-corrected chi connectivity index (χ1v) is 19.9. The van der Waals surface area contributed by atoms with Gasteiger partial charge in [0.2, 0.25) is 11.8 Å². The molecule has 4 aromatic rings. The van der Waals surface area contributed by atoms with Crippen LogP contribution in [0.1, 0.15) is 126 Å². The second-order valence-electron chi connectivity index (χ2n) is 16.5. The predicted octanol–water partition coefficient (Wildman–Crippen LogP) is 8.25. The number of aromatic nitrogens is 4. The molecule has 3 N–H and O–H groups in total. The normalized spacial score (nSPS) is 22.4. The second kappa shape index (κ2) is 14.7. The topological polar surface area (TPSA) is 136 Å². The van der Waals surface area contributed by atoms with Crippen molar-refractivity contribution >= 4 is 17.9 Å². The van der Waals surface area contributed by atoms with Gasteiger partial charge in [-0.05, 0) is 96.4 Å². The van der Waals surface area contributed by atoms with Crippen molar-refractivity contribution in [3.05, 3.63) is 71.6 Å². The number of methoxy groups -OCH3 is 1. The number of aromatic amines is 2. The molecule has 2 aliphatic heterocycles. The number of fused-ring (bicyclic) bond motifs is 5. The number of carbonyl (C=O) groups is 3. The standard InChI is InChI=1S/C43H53N7O4/c1-24(2)20-36(51)49-18-6-8-34(49)40-45-23-33(47-40)31-17-16-30(37-28-14-15-29(21-28)38(31)37)26-10-12-27(13-11-26)32-22-44-41(46-32)35-9-7-19-50(35)42(52)39(25(3)4)48-43(53)54-5/h10-13,16-17,22-25,28-29,34-35,39H,6-9,14-15,18-21H2,1-5H3,(H,44,46)(H,45,47)(H,48,53)/t28?,29?,34-,35-,39-/m0/s1. The summed E-state index contributed by atoms with van der Waals surface area (Å²) in [7, 11) is 1.31. The molecule has 3 amide bonds. The zero-order valence-corrected chi connectivity index (χ0v) is 32.2. The van der Waals surface area contributed by atoms with Crippen LogP contribution in [0, 0.1) is 11.8 Å². The van der Waals surface area contributed by atoms with E-state index in [4.69, 9.17) is 14.7 Å². The average Bonchev–Trinajstić information content (AvgIpc) is 4.01. The summed E-state index contributed by atoms with van der Waals surface area (Å²) < 4.78 is 4.78. The van der Waals surface area contributed by atoms with Gasteiger partial charge in [0.15, 0.2) is 0 Å². The number of ether oxygens (including phenoxy) is 1. The number of imidazole rings is 2. The van der Waals surface area contributed by atoms with Crippen molar-refractivity contribution in [2.45, 2.75) is 109 Å². The third kappa shape index (κ3) is 6.60. The predicted molar refractivity (Wildman–Crippen MR) is 207 cm³/mol. The number of likely N-dealkylation sites (tertiary alicyclic amines) is 2. The van der Waals surface area contributed by atoms with Gasteiger partial charge in [0.25, 0.3) is 0 Å². The van der Waals surface area contributed by atoms with Crippen LogP contribution in [-0.4, -0.2) is 73.9 Å². The number of hydrogen-bond donors (Lipinski definition) is 3. The Morgan fingerprint density at radius 1 is 0.778 bits per heavy atom. The maximum absolute atomic E-state index is 13.6. The molecule has 284 valence electrons. The van der Waals surface area contributed by atoms with E-state index in [0.29, 0.717) is 30.7 Å². The molecule has 1 saturated carbocycles. The molecule has 2 saturated heterocycles. The highest BCUT2D eigenvalue weighted by atomic mass is 16.5. The van der Waals surface area contributed by atoms with E-state index in [1.165, 1.54) is 54.2 Å². The molecule has 5 atom stereocenters. The lowest BCUT2D eigenvalue weighted by Crippen LogP contribution is -2.51. The van der Waals surface area contributed by atoms with E-state index in [1.807, 2.05) is 36.0 Å². The number of H-pyrrole nitrogens is 2. The van der Waals surface area contributed by atoms with Crippen LogP contribution in [0.5, 0.6) is 0 Å². The molecule has 11 heteroatoms. The van der Waals surface area contributed by atoms with Gasteiger partial charge in [0.05, 0.1) is 43.0 Å². The molecule has 0 spiro atoms. The molecule has 0 radical (unpaired) electrons. The Morgan fingerprint density at radius 2 is 1.35 bits per heavy atom. The first-order chi connectivity index (χ1) is 26.1. The van der Waals surface area contributed by atoms with Crippen LogP contribution in [0.15, 0.2) is 48.8 Å². The summed E-state index contributed by atoms with van der Waals surface area (Å²) >= 11 is 0. The summed E-state index contributed by atoms with van der Waals surface area (Å²) in [5.41, 5.74) is 9.71. The van der Waals surface area contributed by atoms with Crippen molar-refractivity contribution in [1.29, 1.82) is 0 Å². The van der Waals surface area contributed by atoms with Crippen molar-refractivity contribution in [3.63, 3.8) is 0 Å². The lowest BCUT2D eigenvalue weighted by atomic mass is 9.82. The zero-order valence-electron chi connectivity index (χ0n) is 32.2. The Kier molecular flexibility index (Phi) is 9.83. The van der Waals surface area contributed by atoms with Crippen LogP contribution in [0.4, 0.5) is 4.79 Å². The summed E-state index contributed by atoms with van der Waals surface area (Å²) in [5, 5.41) is 2.72. The smallest absolute Gasteiger partial charge is 0.407 e. The SMILES string of the molecule is COC(=O)N[C@H](C(=O)N1CCC[C@H]1c1ncc(-c2ccc(-c3ccc(-c4cnc([C@@H]5CCCN5C(=O)CC(C)C)[nH]4)c4c3C3CCC4C3)cc2)[nH]1)C(C)C. The van der Waals surface area contributed by atoms with E-state index < -0.39 is 12.1 Å². The maximum Gasteiger partial charge on any atom is 0.407 e. The Morgan fingerprint density at radius 3 is 2.00 bits per heavy atom. The number of amides is 3. The van der Waals surface area contributed by atoms with Gasteiger partial charge in [-0.3, -0.25) is 9.59 Å². The van der Waals surface area contributed by atoms with Crippen molar-refractivity contribution < 1.29 is 19.1 Å². The van der Waals surface area contributed by atoms with Crippen molar-refractivity contribution in [1.82, 2.24) is 35.1 Å². The van der Waals surface area contributed by atoms with Gasteiger partial charge in [-0.2, -0.15) is 0 Å². The number of nitrogens with one attached hydrogen (secondary N) is 3. The molecular formula is C43H53N7O4. The Bertz CT molecular complexity index is 2030. The Labute approximate surface area is 317 Å². The third-order valence-corrected chi connectivity index (χ3v) is 12.2. The van der Waals surface area contributed by atoms with E-state index in [9.17, 15) is 14.4 Å². The lowest BCUT2D eigenvalue weighted by molar-refractivity contribution is -0.135. The molecule has 4 aliphatic rings. The molecule has 54 heavy (non-hydrogen) atoms. The highest BCUT2D eigenvalue weighted by Gasteiger charge is 2.41. The van der Waals surface area contributed by atoms with Crippen LogP contribution in [0.2, 0.25) is 0 Å². The quantitative estimate of drug-likeness (QED) is 0.150. The van der Waals surface area contributed by atoms with Crippen LogP contribution in [0.25, 0.3) is 33.6 Å². The van der Waals surface area contributed by atoms with Gasteiger partial charge < -0.3 is 29.8 Å². The number of rotatable bonds is 10. The fourth-order valence-electron chi connectivity index (χ4n) is 9.64. The van der Waals surface area contributed by atoms with Crippen molar-refractivity contribution in [2.75, 3.05) is 20.2 Å². The van der Waals surface area contributed by atoms with E-state index in [0.717, 1.165) is 60.8 Å². The van der Waals surface area contributed by atoms with Gasteiger partial charge in [0.1, 0.15) is 17.7 Å². The van der Waals surface area contributed by atoms with Crippen molar-refractivity contribution in [3.8, 4) is 33.6 Å². The molecule has 2 unspecified atom stereocenters. The first-order valence-electron chi connectivity index (χ1n) is 19.9. The molecule has 2 bridgehead atoms. The Hall–Kier alpha value is -4.93. The van der Waals surface area contributed by atoms with E-state index in [2.05, 4.69) is 65.5 Å². The lowest BCUT2D eigenvalue weighted by Gasteiger charge is -2.30. The molecular weight excluding hydrogens is 679 g/mol. The molecule has 8 rings (SSSR count). The number of alkyl carbamates (subject to hydrolysis) is 1. The third-order valence-electron chi connectivity index (χ3n) is 12.2. The van der Waals surface area contributed by atoms with Crippen LogP contribution < -0.4 is 5.32 Å². The zero-order chi connectivity index (χ0) is 37.7. The fraction of sp³-hybridized carbons (Fsp3) is 0.512. The average molecular weight is 732 g/mol. The maximum atomic E-state index is 13.6. The van der Waals surface area contributed by atoms with Crippen LogP contribution in [-0.2, 0) is 14.3 Å². The summed E-state index contributed by atoms with van der Waals surface area (Å²) in [4.78, 5) is 59.3. The molecule has 4 heterocycles. The van der Waals surface area contributed by atoms with Gasteiger partial charge in [0, 0.05) is 25.1 Å². The monoisotopic (exact) mass is 731 g/mol. The van der Waals surface area contributed by atoms with E-state index in [1.54, 1.807) is 0 Å². The summed E-state index contributed by atoms with van der Waals surface area (Å²) in [5.74, 6) is 3.14. The summed E-state index contributed by atoms with van der Waals surface area (Å²) in [6.45, 7) is 9.46. The molecule has 2 aromatic heterocycles. The summed E-state index contributed by atoms with van der Waals surface area (Å²) in [6.07, 6.45) is 11.1. The van der Waals surface area contributed by atoms with Gasteiger partial charge >= 0.3 is 6.09 Å². The number of nitrogens with zero attached hydrogens (tertiary/aromatic N) is 4. The minimum absolute atomic E-state index is 0.0189. The molecule has 2 aromatic carbocycles. The highest BCUT2D eigenvalue weighted by Crippen LogP contribution is 2.58. The van der Waals surface area contributed by atoms with Gasteiger partial charge in [-0.15, -0.1) is 0 Å². The summed E-state index contributed by atoms with van der Waals surface area (Å²) in [6, 6.07) is 12.5. The van der Waals surface area contributed by atoms with E-state index >= 15 is 0 Å². The molecule has 3 fully saturated rings. The van der Waals surface area contributed by atoms with Gasteiger partial charge in [-0.1, -0.05) is 64.1 Å². The minimum atomic E-state index is -0.669. The highest BCUT2D eigenvalue weighted by molar-refractivity contribution is 5.86. The number of hydrogen-bond acceptors (Lipinski definition) is 6. The molecule has 11 nitrogen and oxygen atoms in total. The minimum Gasteiger partial charge on any atom is -0.453 e. The van der Waals surface area contributed by atoms with Crippen LogP contribution in [0.3, 0.4) is 0 Å². The first kappa shape index (κ1) is 36.1. The number of carbonyl (C=O) groups excluding carboxylic acids is 3.